The standard InChI is InChI=1S/C21H24ClN3O2/c1-15-14-17(8-9-18(15)22)27-20-5-2-4-19(23-20)21(26)25-11-3-10-24(12-13-25)16-6-7-16/h2,4-5,8-9,14,16H,3,6-7,10-13H2,1H3. The molecule has 2 aromatic rings. The first-order chi connectivity index (χ1) is 13.1. The maximum absolute atomic E-state index is 12.9. The van der Waals surface area contributed by atoms with Crippen LogP contribution in [0.2, 0.25) is 5.02 Å². The minimum absolute atomic E-state index is 0.0228. The van der Waals surface area contributed by atoms with Crippen LogP contribution in [0.3, 0.4) is 0 Å². The van der Waals surface area contributed by atoms with Gasteiger partial charge in [0.2, 0.25) is 5.88 Å². The highest BCUT2D eigenvalue weighted by atomic mass is 35.5. The number of hydrogen-bond donors (Lipinski definition) is 0. The van der Waals surface area contributed by atoms with Crippen molar-refractivity contribution >= 4 is 17.5 Å². The monoisotopic (exact) mass is 385 g/mol. The highest BCUT2D eigenvalue weighted by Gasteiger charge is 2.31. The largest absolute Gasteiger partial charge is 0.439 e. The van der Waals surface area contributed by atoms with E-state index in [9.17, 15) is 4.79 Å². The molecule has 1 aliphatic heterocycles. The summed E-state index contributed by atoms with van der Waals surface area (Å²) in [5, 5.41) is 0.695. The van der Waals surface area contributed by atoms with Gasteiger partial charge in [0.05, 0.1) is 0 Å². The van der Waals surface area contributed by atoms with Gasteiger partial charge in [0.15, 0.2) is 0 Å². The molecule has 1 saturated carbocycles. The normalized spacial score (nSPS) is 18.2. The van der Waals surface area contributed by atoms with Gasteiger partial charge in [0.25, 0.3) is 5.91 Å². The number of aromatic nitrogens is 1. The maximum Gasteiger partial charge on any atom is 0.272 e. The van der Waals surface area contributed by atoms with Crippen LogP contribution in [0, 0.1) is 6.92 Å². The molecule has 27 heavy (non-hydrogen) atoms. The van der Waals surface area contributed by atoms with Crippen LogP contribution in [0.25, 0.3) is 0 Å². The van der Waals surface area contributed by atoms with Crippen molar-refractivity contribution in [3.05, 3.63) is 52.7 Å². The van der Waals surface area contributed by atoms with Crippen LogP contribution in [0.5, 0.6) is 11.6 Å². The summed E-state index contributed by atoms with van der Waals surface area (Å²) >= 11 is 6.06. The van der Waals surface area contributed by atoms with E-state index in [1.54, 1.807) is 24.3 Å². The van der Waals surface area contributed by atoms with E-state index in [0.29, 0.717) is 22.3 Å². The zero-order valence-electron chi connectivity index (χ0n) is 15.5. The second-order valence-corrected chi connectivity index (χ2v) is 7.69. The fourth-order valence-corrected chi connectivity index (χ4v) is 3.62. The maximum atomic E-state index is 12.9. The minimum Gasteiger partial charge on any atom is -0.439 e. The van der Waals surface area contributed by atoms with E-state index in [2.05, 4.69) is 9.88 Å². The third kappa shape index (κ3) is 4.42. The average Bonchev–Trinajstić information content (AvgIpc) is 3.50. The van der Waals surface area contributed by atoms with Gasteiger partial charge in [-0.1, -0.05) is 17.7 Å². The molecule has 0 bridgehead atoms. The molecule has 0 N–H and O–H groups in total. The molecule has 142 valence electrons. The van der Waals surface area contributed by atoms with Crippen LogP contribution in [0.1, 0.15) is 35.3 Å². The summed E-state index contributed by atoms with van der Waals surface area (Å²) < 4.78 is 5.83. The molecule has 1 amide bonds. The van der Waals surface area contributed by atoms with Gasteiger partial charge in [-0.3, -0.25) is 9.69 Å². The predicted molar refractivity (Wildman–Crippen MR) is 106 cm³/mol. The molecule has 0 spiro atoms. The molecule has 1 aromatic heterocycles. The highest BCUT2D eigenvalue weighted by Crippen LogP contribution is 2.28. The van der Waals surface area contributed by atoms with Gasteiger partial charge in [-0.15, -0.1) is 0 Å². The summed E-state index contributed by atoms with van der Waals surface area (Å²) in [5.74, 6) is 1.05. The number of aryl methyl sites for hydroxylation is 1. The summed E-state index contributed by atoms with van der Waals surface area (Å²) in [5.41, 5.74) is 1.37. The van der Waals surface area contributed by atoms with Gasteiger partial charge in [-0.05, 0) is 56.0 Å². The Hall–Kier alpha value is -2.11. The van der Waals surface area contributed by atoms with Crippen molar-refractivity contribution in [2.24, 2.45) is 0 Å². The topological polar surface area (TPSA) is 45.7 Å². The molecule has 1 aromatic carbocycles. The Kier molecular flexibility index (Phi) is 5.32. The van der Waals surface area contributed by atoms with Crippen molar-refractivity contribution in [2.75, 3.05) is 26.2 Å². The van der Waals surface area contributed by atoms with Crippen LogP contribution in [-0.4, -0.2) is 52.9 Å². The van der Waals surface area contributed by atoms with Crippen molar-refractivity contribution in [3.63, 3.8) is 0 Å². The summed E-state index contributed by atoms with van der Waals surface area (Å²) in [7, 11) is 0. The molecule has 4 rings (SSSR count). The number of hydrogen-bond acceptors (Lipinski definition) is 4. The second kappa shape index (κ2) is 7.87. The third-order valence-corrected chi connectivity index (χ3v) is 5.60. The van der Waals surface area contributed by atoms with Crippen LogP contribution in [0.4, 0.5) is 0 Å². The number of nitrogens with zero attached hydrogens (tertiary/aromatic N) is 3. The number of carbonyl (C=O) groups is 1. The fraction of sp³-hybridized carbons (Fsp3) is 0.429. The van der Waals surface area contributed by atoms with Crippen molar-refractivity contribution < 1.29 is 9.53 Å². The number of pyridine rings is 1. The second-order valence-electron chi connectivity index (χ2n) is 7.29. The van der Waals surface area contributed by atoms with Crippen molar-refractivity contribution in [3.8, 4) is 11.6 Å². The number of halogens is 1. The Morgan fingerprint density at radius 3 is 2.78 bits per heavy atom. The van der Waals surface area contributed by atoms with Crippen LogP contribution >= 0.6 is 11.6 Å². The summed E-state index contributed by atoms with van der Waals surface area (Å²) in [6.07, 6.45) is 3.63. The summed E-state index contributed by atoms with van der Waals surface area (Å²) in [6, 6.07) is 11.5. The Morgan fingerprint density at radius 1 is 1.15 bits per heavy atom. The van der Waals surface area contributed by atoms with Gasteiger partial charge >= 0.3 is 0 Å². The van der Waals surface area contributed by atoms with E-state index in [0.717, 1.165) is 44.2 Å². The number of ether oxygens (including phenoxy) is 1. The molecule has 0 atom stereocenters. The van der Waals surface area contributed by atoms with Crippen LogP contribution in [-0.2, 0) is 0 Å². The Labute approximate surface area is 164 Å². The molecule has 1 saturated heterocycles. The van der Waals surface area contributed by atoms with Gasteiger partial charge in [-0.2, -0.15) is 0 Å². The Balaban J connectivity index is 1.44. The highest BCUT2D eigenvalue weighted by molar-refractivity contribution is 6.31. The predicted octanol–water partition coefficient (Wildman–Crippen LogP) is 4.15. The van der Waals surface area contributed by atoms with Crippen molar-refractivity contribution in [1.82, 2.24) is 14.8 Å². The molecule has 2 heterocycles. The molecule has 6 heteroatoms. The van der Waals surface area contributed by atoms with Gasteiger partial charge in [0.1, 0.15) is 11.4 Å². The lowest BCUT2D eigenvalue weighted by Gasteiger charge is -2.21. The van der Waals surface area contributed by atoms with Crippen LogP contribution < -0.4 is 4.74 Å². The Bertz CT molecular complexity index is 838. The van der Waals surface area contributed by atoms with E-state index in [4.69, 9.17) is 16.3 Å². The van der Waals surface area contributed by atoms with E-state index < -0.39 is 0 Å². The van der Waals surface area contributed by atoms with Gasteiger partial charge in [-0.25, -0.2) is 4.98 Å². The number of benzene rings is 1. The summed E-state index contributed by atoms with van der Waals surface area (Å²) in [6.45, 7) is 5.51. The lowest BCUT2D eigenvalue weighted by molar-refractivity contribution is 0.0754. The van der Waals surface area contributed by atoms with E-state index in [1.165, 1.54) is 12.8 Å². The first-order valence-electron chi connectivity index (χ1n) is 9.54. The number of carbonyl (C=O) groups excluding carboxylic acids is 1. The first kappa shape index (κ1) is 18.3. The number of rotatable bonds is 4. The molecule has 1 aliphatic carbocycles. The molecule has 5 nitrogen and oxygen atoms in total. The minimum atomic E-state index is -0.0228. The van der Waals surface area contributed by atoms with Gasteiger partial charge in [0, 0.05) is 43.3 Å². The lowest BCUT2D eigenvalue weighted by Crippen LogP contribution is -2.36. The molecule has 2 fully saturated rings. The zero-order chi connectivity index (χ0) is 18.8. The van der Waals surface area contributed by atoms with E-state index >= 15 is 0 Å². The molecule has 2 aliphatic rings. The average molecular weight is 386 g/mol. The molecule has 0 unspecified atom stereocenters. The molecule has 0 radical (unpaired) electrons. The summed E-state index contributed by atoms with van der Waals surface area (Å²) in [4.78, 5) is 21.8. The number of amides is 1. The molecular formula is C21H24ClN3O2. The van der Waals surface area contributed by atoms with Crippen molar-refractivity contribution in [1.29, 1.82) is 0 Å². The lowest BCUT2D eigenvalue weighted by atomic mass is 10.2. The smallest absolute Gasteiger partial charge is 0.272 e. The van der Waals surface area contributed by atoms with E-state index in [-0.39, 0.29) is 5.91 Å². The van der Waals surface area contributed by atoms with E-state index in [1.807, 2.05) is 24.0 Å². The quantitative estimate of drug-likeness (QED) is 0.793. The zero-order valence-corrected chi connectivity index (χ0v) is 16.3. The first-order valence-corrected chi connectivity index (χ1v) is 9.92. The molecular weight excluding hydrogens is 362 g/mol. The SMILES string of the molecule is Cc1cc(Oc2cccc(C(=O)N3CCCN(C4CC4)CC3)n2)ccc1Cl. The fourth-order valence-electron chi connectivity index (χ4n) is 3.50. The Morgan fingerprint density at radius 2 is 2.00 bits per heavy atom. The van der Waals surface area contributed by atoms with Gasteiger partial charge < -0.3 is 9.64 Å². The van der Waals surface area contributed by atoms with Crippen molar-refractivity contribution in [2.45, 2.75) is 32.2 Å². The third-order valence-electron chi connectivity index (χ3n) is 5.18. The van der Waals surface area contributed by atoms with Crippen LogP contribution in [0.15, 0.2) is 36.4 Å².